The molecule has 0 aromatic rings. The van der Waals surface area contributed by atoms with Crippen molar-refractivity contribution in [2.45, 2.75) is 116 Å². The molecular formula is C25H50N4O4. The molecule has 8 heteroatoms. The summed E-state index contributed by atoms with van der Waals surface area (Å²) in [7, 11) is 1.32. The van der Waals surface area contributed by atoms with Gasteiger partial charge in [-0.3, -0.25) is 0 Å². The van der Waals surface area contributed by atoms with Crippen LogP contribution >= 0.6 is 0 Å². The van der Waals surface area contributed by atoms with Gasteiger partial charge in [0.1, 0.15) is 6.04 Å². The molecule has 4 N–H and O–H groups in total. The minimum Gasteiger partial charge on any atom is -0.467 e. The lowest BCUT2D eigenvalue weighted by molar-refractivity contribution is -0.143. The van der Waals surface area contributed by atoms with Crippen molar-refractivity contribution >= 4 is 18.0 Å². The number of nitrogens with one attached hydrogen (secondary N) is 4. The van der Waals surface area contributed by atoms with Gasteiger partial charge in [-0.25, -0.2) is 14.4 Å². The number of hydrogen-bond acceptors (Lipinski definition) is 4. The maximum Gasteiger partial charge on any atom is 0.328 e. The second-order valence-corrected chi connectivity index (χ2v) is 8.69. The molecule has 0 saturated heterocycles. The topological polar surface area (TPSA) is 109 Å². The van der Waals surface area contributed by atoms with Gasteiger partial charge in [-0.2, -0.15) is 0 Å². The molecule has 0 saturated carbocycles. The number of hydrogen-bond donors (Lipinski definition) is 4. The second-order valence-electron chi connectivity index (χ2n) is 8.69. The molecule has 194 valence electrons. The molecule has 0 heterocycles. The molecule has 0 aromatic carbocycles. The van der Waals surface area contributed by atoms with E-state index in [0.717, 1.165) is 32.1 Å². The van der Waals surface area contributed by atoms with Gasteiger partial charge in [0.05, 0.1) is 7.11 Å². The Labute approximate surface area is 201 Å². The first-order chi connectivity index (χ1) is 16.0. The average Bonchev–Trinajstić information content (AvgIpc) is 2.81. The van der Waals surface area contributed by atoms with Crippen LogP contribution in [0.1, 0.15) is 110 Å². The summed E-state index contributed by atoms with van der Waals surface area (Å²) >= 11 is 0. The summed E-state index contributed by atoms with van der Waals surface area (Å²) in [4.78, 5) is 35.9. The van der Waals surface area contributed by atoms with Crippen molar-refractivity contribution in [2.75, 3.05) is 26.7 Å². The zero-order valence-corrected chi connectivity index (χ0v) is 21.4. The van der Waals surface area contributed by atoms with Crippen LogP contribution in [0.5, 0.6) is 0 Å². The molecule has 8 nitrogen and oxygen atoms in total. The van der Waals surface area contributed by atoms with E-state index in [1.807, 2.05) is 0 Å². The summed E-state index contributed by atoms with van der Waals surface area (Å²) < 4.78 is 4.81. The molecule has 0 aliphatic carbocycles. The van der Waals surface area contributed by atoms with Crippen LogP contribution < -0.4 is 21.3 Å². The number of urea groups is 2. The van der Waals surface area contributed by atoms with E-state index in [1.165, 1.54) is 58.5 Å². The van der Waals surface area contributed by atoms with Crippen LogP contribution in [0.15, 0.2) is 0 Å². The number of carbonyl (C=O) groups is 3. The smallest absolute Gasteiger partial charge is 0.328 e. The fourth-order valence-corrected chi connectivity index (χ4v) is 3.55. The Morgan fingerprint density at radius 3 is 1.52 bits per heavy atom. The van der Waals surface area contributed by atoms with Gasteiger partial charge in [-0.05, 0) is 32.1 Å². The Bertz CT molecular complexity index is 503. The summed E-state index contributed by atoms with van der Waals surface area (Å²) in [5, 5.41) is 11.2. The van der Waals surface area contributed by atoms with E-state index in [1.54, 1.807) is 0 Å². The third kappa shape index (κ3) is 20.4. The van der Waals surface area contributed by atoms with Crippen molar-refractivity contribution in [2.24, 2.45) is 0 Å². The number of ether oxygens (including phenoxy) is 1. The monoisotopic (exact) mass is 470 g/mol. The third-order valence-corrected chi connectivity index (χ3v) is 5.63. The minimum absolute atomic E-state index is 0.153. The Morgan fingerprint density at radius 1 is 0.606 bits per heavy atom. The molecule has 0 bridgehead atoms. The number of unbranched alkanes of at least 4 members (excludes halogenated alkanes) is 11. The van der Waals surface area contributed by atoms with E-state index < -0.39 is 12.0 Å². The van der Waals surface area contributed by atoms with Gasteiger partial charge in [-0.1, -0.05) is 78.1 Å². The quantitative estimate of drug-likeness (QED) is 0.139. The zero-order chi connectivity index (χ0) is 24.6. The molecule has 0 aliphatic heterocycles. The lowest BCUT2D eigenvalue weighted by atomic mass is 10.1. The van der Waals surface area contributed by atoms with Crippen molar-refractivity contribution in [1.29, 1.82) is 0 Å². The highest BCUT2D eigenvalue weighted by Crippen LogP contribution is 2.05. The average molecular weight is 471 g/mol. The number of methoxy groups -OCH3 is 1. The summed E-state index contributed by atoms with van der Waals surface area (Å²) in [6, 6.07) is -1.17. The Balaban J connectivity index is 3.87. The maximum absolute atomic E-state index is 12.1. The molecule has 0 aliphatic rings. The van der Waals surface area contributed by atoms with E-state index in [2.05, 4.69) is 35.1 Å². The molecule has 0 fully saturated rings. The molecule has 1 atom stereocenters. The lowest BCUT2D eigenvalue weighted by Gasteiger charge is -2.17. The van der Waals surface area contributed by atoms with Crippen LogP contribution in [0, 0.1) is 0 Å². The largest absolute Gasteiger partial charge is 0.467 e. The van der Waals surface area contributed by atoms with Gasteiger partial charge in [0.15, 0.2) is 0 Å². The normalized spacial score (nSPS) is 11.5. The van der Waals surface area contributed by atoms with Crippen molar-refractivity contribution in [3.63, 3.8) is 0 Å². The SMILES string of the molecule is CCCCCCCCNC(=O)NCCCCC(NC(=O)NCCCCCCCC)C(=O)OC. The van der Waals surface area contributed by atoms with Gasteiger partial charge < -0.3 is 26.0 Å². The van der Waals surface area contributed by atoms with Gasteiger partial charge in [0.2, 0.25) is 0 Å². The van der Waals surface area contributed by atoms with Crippen LogP contribution in [0.25, 0.3) is 0 Å². The first-order valence-electron chi connectivity index (χ1n) is 13.2. The molecule has 0 aromatic heterocycles. The molecule has 0 radical (unpaired) electrons. The number of rotatable bonds is 21. The number of esters is 1. The van der Waals surface area contributed by atoms with Crippen LogP contribution in [0.2, 0.25) is 0 Å². The first-order valence-corrected chi connectivity index (χ1v) is 13.2. The van der Waals surface area contributed by atoms with Gasteiger partial charge in [-0.15, -0.1) is 0 Å². The van der Waals surface area contributed by atoms with E-state index in [0.29, 0.717) is 32.5 Å². The van der Waals surface area contributed by atoms with Crippen molar-refractivity contribution in [1.82, 2.24) is 21.3 Å². The molecule has 0 rings (SSSR count). The Hall–Kier alpha value is -1.99. The molecule has 4 amide bonds. The van der Waals surface area contributed by atoms with Crippen molar-refractivity contribution < 1.29 is 19.1 Å². The first kappa shape index (κ1) is 31.0. The summed E-state index contributed by atoms with van der Waals surface area (Å²) in [5.74, 6) is -0.450. The standard InChI is InChI=1S/C25H50N4O4/c1-4-6-8-10-12-15-19-26-24(31)27-21-17-14-18-22(23(30)33-3)29-25(32)28-20-16-13-11-9-7-5-2/h22H,4-21H2,1-3H3,(H2,26,27,31)(H2,28,29,32). The van der Waals surface area contributed by atoms with Crippen LogP contribution in [-0.4, -0.2) is 50.8 Å². The Kier molecular flexibility index (Phi) is 21.8. The molecular weight excluding hydrogens is 420 g/mol. The van der Waals surface area contributed by atoms with E-state index in [-0.39, 0.29) is 12.1 Å². The van der Waals surface area contributed by atoms with E-state index >= 15 is 0 Å². The maximum atomic E-state index is 12.1. The van der Waals surface area contributed by atoms with Crippen molar-refractivity contribution in [3.05, 3.63) is 0 Å². The van der Waals surface area contributed by atoms with Crippen LogP contribution in [0.4, 0.5) is 9.59 Å². The molecule has 1 unspecified atom stereocenters. The predicted molar refractivity (Wildman–Crippen MR) is 134 cm³/mol. The Morgan fingerprint density at radius 2 is 1.03 bits per heavy atom. The zero-order valence-electron chi connectivity index (χ0n) is 21.4. The van der Waals surface area contributed by atoms with Gasteiger partial charge >= 0.3 is 18.0 Å². The highest BCUT2D eigenvalue weighted by Gasteiger charge is 2.20. The van der Waals surface area contributed by atoms with E-state index in [4.69, 9.17) is 4.74 Å². The summed E-state index contributed by atoms with van der Waals surface area (Å²) in [6.45, 7) is 6.21. The predicted octanol–water partition coefficient (Wildman–Crippen LogP) is 5.02. The fraction of sp³-hybridized carbons (Fsp3) is 0.880. The highest BCUT2D eigenvalue weighted by molar-refractivity contribution is 5.83. The molecule has 0 spiro atoms. The lowest BCUT2D eigenvalue weighted by Crippen LogP contribution is -2.46. The number of carbonyl (C=O) groups excluding carboxylic acids is 3. The summed E-state index contributed by atoms with van der Waals surface area (Å²) in [6.07, 6.45) is 16.0. The van der Waals surface area contributed by atoms with Crippen LogP contribution in [-0.2, 0) is 9.53 Å². The van der Waals surface area contributed by atoms with E-state index in [9.17, 15) is 14.4 Å². The third-order valence-electron chi connectivity index (χ3n) is 5.63. The molecule has 33 heavy (non-hydrogen) atoms. The fourth-order valence-electron chi connectivity index (χ4n) is 3.55. The van der Waals surface area contributed by atoms with Crippen LogP contribution in [0.3, 0.4) is 0 Å². The minimum atomic E-state index is -0.680. The van der Waals surface area contributed by atoms with Gasteiger partial charge in [0, 0.05) is 19.6 Å². The second kappa shape index (κ2) is 23.2. The van der Waals surface area contributed by atoms with Crippen molar-refractivity contribution in [3.8, 4) is 0 Å². The summed E-state index contributed by atoms with van der Waals surface area (Å²) in [5.41, 5.74) is 0. The number of amides is 4. The van der Waals surface area contributed by atoms with Gasteiger partial charge in [0.25, 0.3) is 0 Å². The highest BCUT2D eigenvalue weighted by atomic mass is 16.5.